The number of aromatic nitrogens is 2. The molecule has 0 amide bonds. The van der Waals surface area contributed by atoms with Gasteiger partial charge < -0.3 is 10.2 Å². The Morgan fingerprint density at radius 1 is 1.08 bits per heavy atom. The van der Waals surface area contributed by atoms with Crippen molar-refractivity contribution in [3.8, 4) is 16.9 Å². The normalized spacial score (nSPS) is 13.0. The lowest BCUT2D eigenvalue weighted by molar-refractivity contribution is 0.812. The van der Waals surface area contributed by atoms with Crippen molar-refractivity contribution in [2.24, 2.45) is 0 Å². The van der Waals surface area contributed by atoms with E-state index in [0.717, 1.165) is 24.5 Å². The molecule has 0 fully saturated rings. The summed E-state index contributed by atoms with van der Waals surface area (Å²) in [5.41, 5.74) is 7.27. The largest absolute Gasteiger partial charge is 0.378 e. The molecule has 2 aromatic carbocycles. The molecule has 2 heterocycles. The van der Waals surface area contributed by atoms with Crippen LogP contribution in [0.1, 0.15) is 30.9 Å². The standard InChI is InChI=1S/C22H26N4/c1-15(2)18-10-5-6-11-20(18)26-22-19(12-13-23-22)21(24-26)16-8-7-9-17(14-16)25(3)4/h5-11,14-15,23H,12-13H2,1-4H3. The molecule has 1 aromatic heterocycles. The summed E-state index contributed by atoms with van der Waals surface area (Å²) in [6.45, 7) is 5.44. The van der Waals surface area contributed by atoms with Gasteiger partial charge in [-0.2, -0.15) is 5.10 Å². The Balaban J connectivity index is 1.88. The van der Waals surface area contributed by atoms with Crippen LogP contribution < -0.4 is 10.2 Å². The molecule has 0 saturated carbocycles. The van der Waals surface area contributed by atoms with E-state index in [1.165, 1.54) is 28.1 Å². The number of fused-ring (bicyclic) bond motifs is 1. The second-order valence-corrected chi connectivity index (χ2v) is 7.42. The molecule has 4 rings (SSSR count). The van der Waals surface area contributed by atoms with E-state index < -0.39 is 0 Å². The van der Waals surface area contributed by atoms with E-state index in [1.54, 1.807) is 0 Å². The summed E-state index contributed by atoms with van der Waals surface area (Å²) in [4.78, 5) is 2.13. The molecule has 0 radical (unpaired) electrons. The maximum atomic E-state index is 5.05. The van der Waals surface area contributed by atoms with Crippen LogP contribution >= 0.6 is 0 Å². The van der Waals surface area contributed by atoms with E-state index in [4.69, 9.17) is 5.10 Å². The molecule has 0 aliphatic carbocycles. The van der Waals surface area contributed by atoms with Gasteiger partial charge in [0.2, 0.25) is 0 Å². The minimum atomic E-state index is 0.452. The molecule has 0 saturated heterocycles. The van der Waals surface area contributed by atoms with Gasteiger partial charge >= 0.3 is 0 Å². The number of nitrogens with zero attached hydrogens (tertiary/aromatic N) is 3. The molecular formula is C22H26N4. The molecule has 134 valence electrons. The Kier molecular flexibility index (Phi) is 4.19. The highest BCUT2D eigenvalue weighted by molar-refractivity contribution is 5.75. The fourth-order valence-electron chi connectivity index (χ4n) is 3.68. The molecule has 1 N–H and O–H groups in total. The molecule has 1 aliphatic rings. The van der Waals surface area contributed by atoms with Gasteiger partial charge in [-0.05, 0) is 36.1 Å². The van der Waals surface area contributed by atoms with Crippen LogP contribution in [0.3, 0.4) is 0 Å². The second kappa shape index (κ2) is 6.52. The van der Waals surface area contributed by atoms with Gasteiger partial charge in [0.1, 0.15) is 5.82 Å². The summed E-state index contributed by atoms with van der Waals surface area (Å²) in [7, 11) is 4.14. The van der Waals surface area contributed by atoms with Crippen LogP contribution in [0.2, 0.25) is 0 Å². The van der Waals surface area contributed by atoms with Gasteiger partial charge in [0, 0.05) is 37.5 Å². The lowest BCUT2D eigenvalue weighted by Gasteiger charge is -2.14. The van der Waals surface area contributed by atoms with Crippen molar-refractivity contribution in [1.29, 1.82) is 0 Å². The maximum absolute atomic E-state index is 5.05. The summed E-state index contributed by atoms with van der Waals surface area (Å²) in [6, 6.07) is 17.2. The van der Waals surface area contributed by atoms with Crippen LogP contribution in [-0.2, 0) is 6.42 Å². The third kappa shape index (κ3) is 2.75. The number of benzene rings is 2. The van der Waals surface area contributed by atoms with Crippen LogP contribution in [0.4, 0.5) is 11.5 Å². The van der Waals surface area contributed by atoms with Crippen molar-refractivity contribution in [2.75, 3.05) is 30.9 Å². The zero-order valence-corrected chi connectivity index (χ0v) is 16.0. The van der Waals surface area contributed by atoms with Crippen LogP contribution in [0.5, 0.6) is 0 Å². The minimum absolute atomic E-state index is 0.452. The Morgan fingerprint density at radius 2 is 1.88 bits per heavy atom. The van der Waals surface area contributed by atoms with E-state index >= 15 is 0 Å². The van der Waals surface area contributed by atoms with Crippen molar-refractivity contribution >= 4 is 11.5 Å². The monoisotopic (exact) mass is 346 g/mol. The first-order chi connectivity index (χ1) is 12.6. The number of rotatable bonds is 4. The van der Waals surface area contributed by atoms with Gasteiger partial charge in [0.25, 0.3) is 0 Å². The van der Waals surface area contributed by atoms with Crippen LogP contribution in [0, 0.1) is 0 Å². The molecular weight excluding hydrogens is 320 g/mol. The summed E-state index contributed by atoms with van der Waals surface area (Å²) in [5.74, 6) is 1.59. The third-order valence-electron chi connectivity index (χ3n) is 5.07. The molecule has 0 spiro atoms. The predicted octanol–water partition coefficient (Wildman–Crippen LogP) is 4.70. The highest BCUT2D eigenvalue weighted by Gasteiger charge is 2.25. The fraction of sp³-hybridized carbons (Fsp3) is 0.318. The number of hydrogen-bond acceptors (Lipinski definition) is 3. The highest BCUT2D eigenvalue weighted by atomic mass is 15.3. The van der Waals surface area contributed by atoms with Gasteiger partial charge in [-0.3, -0.25) is 0 Å². The Labute approximate surface area is 155 Å². The third-order valence-corrected chi connectivity index (χ3v) is 5.07. The summed E-state index contributed by atoms with van der Waals surface area (Å²) < 4.78 is 2.11. The lowest BCUT2D eigenvalue weighted by atomic mass is 10.0. The number of anilines is 2. The Hall–Kier alpha value is -2.75. The van der Waals surface area contributed by atoms with Gasteiger partial charge in [-0.25, -0.2) is 4.68 Å². The zero-order chi connectivity index (χ0) is 18.3. The van der Waals surface area contributed by atoms with Gasteiger partial charge in [0.15, 0.2) is 0 Å². The van der Waals surface area contributed by atoms with Crippen molar-refractivity contribution < 1.29 is 0 Å². The van der Waals surface area contributed by atoms with Crippen molar-refractivity contribution in [3.63, 3.8) is 0 Å². The fourth-order valence-corrected chi connectivity index (χ4v) is 3.68. The zero-order valence-electron chi connectivity index (χ0n) is 16.0. The van der Waals surface area contributed by atoms with E-state index in [1.807, 2.05) is 0 Å². The van der Waals surface area contributed by atoms with Crippen LogP contribution in [-0.4, -0.2) is 30.4 Å². The van der Waals surface area contributed by atoms with Crippen molar-refractivity contribution in [2.45, 2.75) is 26.2 Å². The van der Waals surface area contributed by atoms with Gasteiger partial charge in [0.05, 0.1) is 11.4 Å². The lowest BCUT2D eigenvalue weighted by Crippen LogP contribution is -2.08. The first-order valence-corrected chi connectivity index (χ1v) is 9.29. The van der Waals surface area contributed by atoms with Crippen LogP contribution in [0.25, 0.3) is 16.9 Å². The molecule has 1 aliphatic heterocycles. The summed E-state index contributed by atoms with van der Waals surface area (Å²) >= 11 is 0. The maximum Gasteiger partial charge on any atom is 0.133 e. The van der Waals surface area contributed by atoms with E-state index in [9.17, 15) is 0 Å². The first-order valence-electron chi connectivity index (χ1n) is 9.29. The van der Waals surface area contributed by atoms with Gasteiger partial charge in [-0.1, -0.05) is 44.2 Å². The average Bonchev–Trinajstić information content (AvgIpc) is 3.24. The Morgan fingerprint density at radius 3 is 2.65 bits per heavy atom. The predicted molar refractivity (Wildman–Crippen MR) is 110 cm³/mol. The van der Waals surface area contributed by atoms with Gasteiger partial charge in [-0.15, -0.1) is 0 Å². The molecule has 4 nitrogen and oxygen atoms in total. The number of nitrogens with one attached hydrogen (secondary N) is 1. The summed E-state index contributed by atoms with van der Waals surface area (Å²) in [5, 5.41) is 8.60. The number of hydrogen-bond donors (Lipinski definition) is 1. The topological polar surface area (TPSA) is 33.1 Å². The first kappa shape index (κ1) is 16.7. The van der Waals surface area contributed by atoms with E-state index in [0.29, 0.717) is 5.92 Å². The quantitative estimate of drug-likeness (QED) is 0.743. The molecule has 0 unspecified atom stereocenters. The molecule has 4 heteroatoms. The smallest absolute Gasteiger partial charge is 0.133 e. The van der Waals surface area contributed by atoms with Crippen LogP contribution in [0.15, 0.2) is 48.5 Å². The van der Waals surface area contributed by atoms with E-state index in [2.05, 4.69) is 91.4 Å². The minimum Gasteiger partial charge on any atom is -0.378 e. The second-order valence-electron chi connectivity index (χ2n) is 7.42. The van der Waals surface area contributed by atoms with E-state index in [-0.39, 0.29) is 0 Å². The number of para-hydroxylation sites is 1. The molecule has 26 heavy (non-hydrogen) atoms. The Bertz CT molecular complexity index is 937. The molecule has 0 atom stereocenters. The van der Waals surface area contributed by atoms with Crippen molar-refractivity contribution in [3.05, 3.63) is 59.7 Å². The molecule has 0 bridgehead atoms. The van der Waals surface area contributed by atoms with Crippen molar-refractivity contribution in [1.82, 2.24) is 9.78 Å². The highest BCUT2D eigenvalue weighted by Crippen LogP contribution is 2.37. The average molecular weight is 346 g/mol. The molecule has 3 aromatic rings. The SMILES string of the molecule is CC(C)c1ccccc1-n1nc(-c2cccc(N(C)C)c2)c2c1NCC2. The summed E-state index contributed by atoms with van der Waals surface area (Å²) in [6.07, 6.45) is 1.01.